The molecule has 1 fully saturated rings. The van der Waals surface area contributed by atoms with Crippen molar-refractivity contribution >= 4 is 15.7 Å². The van der Waals surface area contributed by atoms with Gasteiger partial charge in [-0.05, 0) is 25.0 Å². The lowest BCUT2D eigenvalue weighted by atomic mass is 10.3. The van der Waals surface area contributed by atoms with Crippen molar-refractivity contribution in [2.75, 3.05) is 7.05 Å². The molecule has 7 nitrogen and oxygen atoms in total. The van der Waals surface area contributed by atoms with E-state index < -0.39 is 26.4 Å². The fourth-order valence-electron chi connectivity index (χ4n) is 2.44. The van der Waals surface area contributed by atoms with Crippen LogP contribution >= 0.6 is 0 Å². The molecule has 0 aromatic heterocycles. The summed E-state index contributed by atoms with van der Waals surface area (Å²) >= 11 is 0. The van der Waals surface area contributed by atoms with Crippen LogP contribution < -0.4 is 0 Å². The molecule has 0 atom stereocenters. The smallest absolute Gasteiger partial charge is 0.312 e. The maximum Gasteiger partial charge on any atom is 0.312 e. The van der Waals surface area contributed by atoms with Crippen molar-refractivity contribution in [2.24, 2.45) is 0 Å². The van der Waals surface area contributed by atoms with Crippen LogP contribution in [-0.4, -0.2) is 35.8 Å². The van der Waals surface area contributed by atoms with Crippen molar-refractivity contribution in [2.45, 2.75) is 36.6 Å². The minimum atomic E-state index is -3.78. The number of hydrogen-bond donors (Lipinski definition) is 1. The topological polar surface area (TPSA) is 101 Å². The van der Waals surface area contributed by atoms with Gasteiger partial charge < -0.3 is 5.11 Å². The molecule has 2 rings (SSSR count). The molecule has 1 saturated carbocycles. The zero-order chi connectivity index (χ0) is 14.9. The first kappa shape index (κ1) is 14.7. The molecule has 110 valence electrons. The minimum absolute atomic E-state index is 0.0622. The van der Waals surface area contributed by atoms with Gasteiger partial charge in [-0.25, -0.2) is 8.42 Å². The molecule has 0 unspecified atom stereocenters. The molecule has 0 spiro atoms. The molecule has 0 radical (unpaired) electrons. The standard InChI is InChI=1S/C12H16N2O5S/c1-13(9-4-2-3-5-9)20(18,19)10-6-7-12(15)11(8-10)14(16)17/h6-9,15H,2-5H2,1H3. The van der Waals surface area contributed by atoms with Crippen LogP contribution in [0.3, 0.4) is 0 Å². The van der Waals surface area contributed by atoms with E-state index in [1.807, 2.05) is 0 Å². The molecule has 0 bridgehead atoms. The lowest BCUT2D eigenvalue weighted by Crippen LogP contribution is -2.35. The van der Waals surface area contributed by atoms with Gasteiger partial charge in [0.2, 0.25) is 10.0 Å². The Bertz CT molecular complexity index is 623. The molecule has 1 aromatic carbocycles. The van der Waals surface area contributed by atoms with Gasteiger partial charge in [0.25, 0.3) is 0 Å². The lowest BCUT2D eigenvalue weighted by Gasteiger charge is -2.23. The van der Waals surface area contributed by atoms with Gasteiger partial charge in [-0.1, -0.05) is 12.8 Å². The molecule has 1 aliphatic rings. The number of hydrogen-bond acceptors (Lipinski definition) is 5. The largest absolute Gasteiger partial charge is 0.502 e. The van der Waals surface area contributed by atoms with Crippen molar-refractivity contribution in [1.29, 1.82) is 0 Å². The Morgan fingerprint density at radius 3 is 2.50 bits per heavy atom. The van der Waals surface area contributed by atoms with Gasteiger partial charge in [0.1, 0.15) is 0 Å². The van der Waals surface area contributed by atoms with Gasteiger partial charge in [-0.3, -0.25) is 10.1 Å². The average Bonchev–Trinajstić information content (AvgIpc) is 2.91. The zero-order valence-electron chi connectivity index (χ0n) is 11.0. The van der Waals surface area contributed by atoms with E-state index in [1.54, 1.807) is 0 Å². The molecule has 1 aliphatic carbocycles. The van der Waals surface area contributed by atoms with Gasteiger partial charge in [0, 0.05) is 19.2 Å². The summed E-state index contributed by atoms with van der Waals surface area (Å²) in [6.07, 6.45) is 3.58. The van der Waals surface area contributed by atoms with E-state index in [0.29, 0.717) is 0 Å². The predicted octanol–water partition coefficient (Wildman–Crippen LogP) is 1.86. The van der Waals surface area contributed by atoms with Crippen molar-refractivity contribution in [3.8, 4) is 5.75 Å². The number of phenolic OH excluding ortho intramolecular Hbond substituents is 1. The molecule has 1 aromatic rings. The van der Waals surface area contributed by atoms with Crippen LogP contribution in [0.1, 0.15) is 25.7 Å². The number of phenols is 1. The quantitative estimate of drug-likeness (QED) is 0.675. The monoisotopic (exact) mass is 300 g/mol. The van der Waals surface area contributed by atoms with Crippen molar-refractivity contribution < 1.29 is 18.4 Å². The first-order chi connectivity index (χ1) is 9.34. The van der Waals surface area contributed by atoms with E-state index >= 15 is 0 Å². The second-order valence-electron chi connectivity index (χ2n) is 4.87. The number of rotatable bonds is 4. The fourth-order valence-corrected chi connectivity index (χ4v) is 3.88. The highest BCUT2D eigenvalue weighted by Crippen LogP contribution is 2.32. The van der Waals surface area contributed by atoms with E-state index in [0.717, 1.165) is 37.8 Å². The van der Waals surface area contributed by atoms with Crippen molar-refractivity contribution in [3.63, 3.8) is 0 Å². The third kappa shape index (κ3) is 2.61. The van der Waals surface area contributed by atoms with E-state index in [-0.39, 0.29) is 10.9 Å². The predicted molar refractivity (Wildman–Crippen MR) is 72.0 cm³/mol. The maximum absolute atomic E-state index is 12.4. The third-order valence-electron chi connectivity index (χ3n) is 3.66. The highest BCUT2D eigenvalue weighted by Gasteiger charge is 2.31. The molecular weight excluding hydrogens is 284 g/mol. The van der Waals surface area contributed by atoms with Crippen LogP contribution in [0.25, 0.3) is 0 Å². The molecule has 0 saturated heterocycles. The highest BCUT2D eigenvalue weighted by atomic mass is 32.2. The van der Waals surface area contributed by atoms with Crippen molar-refractivity contribution in [3.05, 3.63) is 28.3 Å². The Hall–Kier alpha value is -1.67. The Morgan fingerprint density at radius 1 is 1.35 bits per heavy atom. The van der Waals surface area contributed by atoms with Crippen LogP contribution in [0.5, 0.6) is 5.75 Å². The third-order valence-corrected chi connectivity index (χ3v) is 5.57. The second kappa shape index (κ2) is 5.37. The van der Waals surface area contributed by atoms with E-state index in [1.165, 1.54) is 17.4 Å². The Morgan fingerprint density at radius 2 is 1.95 bits per heavy atom. The summed E-state index contributed by atoms with van der Waals surface area (Å²) in [6.45, 7) is 0. The normalized spacial score (nSPS) is 16.7. The molecule has 0 amide bonds. The summed E-state index contributed by atoms with van der Waals surface area (Å²) in [7, 11) is -2.29. The number of nitrogens with zero attached hydrogens (tertiary/aromatic N) is 2. The van der Waals surface area contributed by atoms with Crippen LogP contribution in [0.4, 0.5) is 5.69 Å². The summed E-state index contributed by atoms with van der Waals surface area (Å²) in [5.74, 6) is -0.544. The summed E-state index contributed by atoms with van der Waals surface area (Å²) in [5.41, 5.74) is -0.606. The molecule has 0 aliphatic heterocycles. The summed E-state index contributed by atoms with van der Waals surface area (Å²) < 4.78 is 26.1. The van der Waals surface area contributed by atoms with E-state index in [9.17, 15) is 23.6 Å². The fraction of sp³-hybridized carbons (Fsp3) is 0.500. The lowest BCUT2D eigenvalue weighted by molar-refractivity contribution is -0.386. The molecule has 20 heavy (non-hydrogen) atoms. The van der Waals surface area contributed by atoms with Gasteiger partial charge in [-0.2, -0.15) is 4.31 Å². The maximum atomic E-state index is 12.4. The molecule has 0 heterocycles. The first-order valence-electron chi connectivity index (χ1n) is 6.29. The van der Waals surface area contributed by atoms with Gasteiger partial charge in [0.05, 0.1) is 9.82 Å². The second-order valence-corrected chi connectivity index (χ2v) is 6.86. The Balaban J connectivity index is 2.38. The molecule has 1 N–H and O–H groups in total. The summed E-state index contributed by atoms with van der Waals surface area (Å²) in [6, 6.07) is 3.06. The number of aromatic hydroxyl groups is 1. The number of nitro groups is 1. The van der Waals surface area contributed by atoms with Crippen LogP contribution in [-0.2, 0) is 10.0 Å². The van der Waals surface area contributed by atoms with Crippen molar-refractivity contribution in [1.82, 2.24) is 4.31 Å². The van der Waals surface area contributed by atoms with Crippen LogP contribution in [0.2, 0.25) is 0 Å². The summed E-state index contributed by atoms with van der Waals surface area (Å²) in [5, 5.41) is 20.1. The van der Waals surface area contributed by atoms with Crippen LogP contribution in [0.15, 0.2) is 23.1 Å². The number of benzene rings is 1. The molecule has 8 heteroatoms. The highest BCUT2D eigenvalue weighted by molar-refractivity contribution is 7.89. The van der Waals surface area contributed by atoms with E-state index in [4.69, 9.17) is 0 Å². The van der Waals surface area contributed by atoms with Gasteiger partial charge in [-0.15, -0.1) is 0 Å². The first-order valence-corrected chi connectivity index (χ1v) is 7.73. The SMILES string of the molecule is CN(C1CCCC1)S(=O)(=O)c1ccc(O)c([N+](=O)[O-])c1. The van der Waals surface area contributed by atoms with E-state index in [2.05, 4.69) is 0 Å². The Kier molecular flexibility index (Phi) is 3.96. The van der Waals surface area contributed by atoms with Crippen LogP contribution in [0, 0.1) is 10.1 Å². The Labute approximate surface area is 117 Å². The number of nitro benzene ring substituents is 1. The average molecular weight is 300 g/mol. The molecular formula is C12H16N2O5S. The zero-order valence-corrected chi connectivity index (χ0v) is 11.8. The summed E-state index contributed by atoms with van der Waals surface area (Å²) in [4.78, 5) is 9.79. The number of sulfonamides is 1. The minimum Gasteiger partial charge on any atom is -0.502 e. The van der Waals surface area contributed by atoms with Gasteiger partial charge in [0.15, 0.2) is 5.75 Å². The van der Waals surface area contributed by atoms with Gasteiger partial charge >= 0.3 is 5.69 Å².